The second-order valence-corrected chi connectivity index (χ2v) is 14.2. The van der Waals surface area contributed by atoms with Crippen LogP contribution in [0.1, 0.15) is 35.4 Å². The molecule has 0 atom stereocenters. The fourth-order valence-electron chi connectivity index (χ4n) is 5.75. The Kier molecular flexibility index (Phi) is 8.68. The Morgan fingerprint density at radius 1 is 0.940 bits per heavy atom. The number of aromatic hydroxyl groups is 1. The fourth-order valence-corrected chi connectivity index (χ4v) is 8.13. The molecule has 4 aromatic carbocycles. The van der Waals surface area contributed by atoms with E-state index in [2.05, 4.69) is 15.3 Å². The molecule has 3 aromatic heterocycles. The summed E-state index contributed by atoms with van der Waals surface area (Å²) in [6, 6.07) is 28.3. The molecule has 0 aliphatic carbocycles. The van der Waals surface area contributed by atoms with Crippen molar-refractivity contribution in [2.45, 2.75) is 30.7 Å². The lowest BCUT2D eigenvalue weighted by molar-refractivity contribution is -0.114. The van der Waals surface area contributed by atoms with Crippen LogP contribution < -0.4 is 14.2 Å². The second-order valence-electron chi connectivity index (χ2n) is 11.5. The number of anilines is 1. The van der Waals surface area contributed by atoms with Gasteiger partial charge in [0.15, 0.2) is 20.8 Å². The van der Waals surface area contributed by atoms with Gasteiger partial charge in [-0.05, 0) is 47.9 Å². The Labute approximate surface area is 290 Å². The second kappa shape index (κ2) is 13.3. The van der Waals surface area contributed by atoms with Gasteiger partial charge in [-0.1, -0.05) is 84.1 Å². The van der Waals surface area contributed by atoms with Gasteiger partial charge in [-0.15, -0.1) is 0 Å². The number of fused-ring (bicyclic) bond motifs is 2. The molecule has 252 valence electrons. The van der Waals surface area contributed by atoms with Crippen LogP contribution in [0.4, 0.5) is 9.52 Å². The van der Waals surface area contributed by atoms with Crippen molar-refractivity contribution in [1.29, 1.82) is 0 Å². The van der Waals surface area contributed by atoms with Gasteiger partial charge in [-0.25, -0.2) is 9.37 Å². The zero-order valence-corrected chi connectivity index (χ0v) is 28.3. The van der Waals surface area contributed by atoms with Gasteiger partial charge in [-0.3, -0.25) is 9.78 Å². The molecular weight excluding hydrogens is 680 g/mol. The van der Waals surface area contributed by atoms with Gasteiger partial charge in [0.25, 0.3) is 0 Å². The number of carbonyl (C=O) groups is 1. The van der Waals surface area contributed by atoms with Crippen LogP contribution in [0.3, 0.4) is 0 Å². The van der Waals surface area contributed by atoms with Gasteiger partial charge < -0.3 is 23.9 Å². The molecular formula is C37H29FN4O6S2. The highest BCUT2D eigenvalue weighted by atomic mass is 32.3. The molecule has 0 fully saturated rings. The molecule has 0 aliphatic rings. The Morgan fingerprint density at radius 3 is 2.24 bits per heavy atom. The summed E-state index contributed by atoms with van der Waals surface area (Å²) in [4.78, 5) is 20.4. The van der Waals surface area contributed by atoms with Crippen molar-refractivity contribution in [3.8, 4) is 17.4 Å². The third kappa shape index (κ3) is 6.35. The summed E-state index contributed by atoms with van der Waals surface area (Å²) in [6.45, 7) is 2.91. The molecule has 2 N–H and O–H groups in total. The molecule has 10 nitrogen and oxygen atoms in total. The first-order chi connectivity index (χ1) is 24.1. The number of halogens is 1. The molecule has 50 heavy (non-hydrogen) atoms. The number of ether oxygens (including phenoxy) is 1. The zero-order chi connectivity index (χ0) is 35.0. The SMILES string of the molecule is CC(=O)Nc1nc(C)c(S(=O)(=O)Oc2c3cccnc3c(OC(c3ccccc3)c3ccccc3)c3c(O)n(Cc4ccc(F)cc4)cc23)s1. The fraction of sp³-hybridized carbons (Fsp3) is 0.108. The number of thiazole rings is 1. The molecule has 3 heterocycles. The summed E-state index contributed by atoms with van der Waals surface area (Å²) in [6.07, 6.45) is 2.47. The summed E-state index contributed by atoms with van der Waals surface area (Å²) in [7, 11) is -4.53. The van der Waals surface area contributed by atoms with Crippen molar-refractivity contribution in [2.75, 3.05) is 5.32 Å². The summed E-state index contributed by atoms with van der Waals surface area (Å²) >= 11 is 0.761. The topological polar surface area (TPSA) is 133 Å². The lowest BCUT2D eigenvalue weighted by atomic mass is 10.0. The summed E-state index contributed by atoms with van der Waals surface area (Å²) < 4.78 is 55.7. The molecule has 0 radical (unpaired) electrons. The van der Waals surface area contributed by atoms with Gasteiger partial charge in [0, 0.05) is 24.7 Å². The predicted molar refractivity (Wildman–Crippen MR) is 189 cm³/mol. The molecule has 7 aromatic rings. The Bertz CT molecular complexity index is 2430. The lowest BCUT2D eigenvalue weighted by Crippen LogP contribution is -2.12. The Morgan fingerprint density at radius 2 is 1.60 bits per heavy atom. The smallest absolute Gasteiger partial charge is 0.350 e. The van der Waals surface area contributed by atoms with Crippen LogP contribution >= 0.6 is 11.3 Å². The first kappa shape index (κ1) is 32.7. The first-order valence-electron chi connectivity index (χ1n) is 15.4. The third-order valence-corrected chi connectivity index (χ3v) is 10.8. The van der Waals surface area contributed by atoms with Gasteiger partial charge in [0.2, 0.25) is 11.8 Å². The van der Waals surface area contributed by atoms with Crippen LogP contribution in [0, 0.1) is 12.7 Å². The zero-order valence-electron chi connectivity index (χ0n) is 26.7. The molecule has 13 heteroatoms. The molecule has 0 saturated carbocycles. The molecule has 7 rings (SSSR count). The van der Waals surface area contributed by atoms with E-state index in [1.165, 1.54) is 30.5 Å². The number of amides is 1. The van der Waals surface area contributed by atoms with Gasteiger partial charge >= 0.3 is 10.1 Å². The average molecular weight is 709 g/mol. The minimum Gasteiger partial charge on any atom is -0.494 e. The van der Waals surface area contributed by atoms with E-state index in [1.54, 1.807) is 36.7 Å². The number of hydrogen-bond acceptors (Lipinski definition) is 9. The number of carbonyl (C=O) groups excluding carboxylic acids is 1. The Balaban J connectivity index is 1.45. The summed E-state index contributed by atoms with van der Waals surface area (Å²) in [5.41, 5.74) is 2.73. The molecule has 0 bridgehead atoms. The van der Waals surface area contributed by atoms with Gasteiger partial charge in [0.1, 0.15) is 17.4 Å². The highest BCUT2D eigenvalue weighted by molar-refractivity contribution is 7.89. The van der Waals surface area contributed by atoms with E-state index < -0.39 is 27.9 Å². The molecule has 0 saturated heterocycles. The van der Waals surface area contributed by atoms with Crippen LogP contribution in [0.2, 0.25) is 0 Å². The quantitative estimate of drug-likeness (QED) is 0.138. The average Bonchev–Trinajstić information content (AvgIpc) is 3.64. The van der Waals surface area contributed by atoms with E-state index in [0.717, 1.165) is 22.5 Å². The minimum atomic E-state index is -4.53. The Hall–Kier alpha value is -5.79. The van der Waals surface area contributed by atoms with Gasteiger partial charge in [0.05, 0.1) is 23.0 Å². The highest BCUT2D eigenvalue weighted by Gasteiger charge is 2.31. The maximum atomic E-state index is 13.9. The van der Waals surface area contributed by atoms with Crippen molar-refractivity contribution < 1.29 is 31.6 Å². The van der Waals surface area contributed by atoms with Crippen LogP contribution in [0.5, 0.6) is 17.4 Å². The van der Waals surface area contributed by atoms with Crippen LogP contribution in [0.15, 0.2) is 114 Å². The maximum absolute atomic E-state index is 13.9. The number of hydrogen-bond donors (Lipinski definition) is 2. The largest absolute Gasteiger partial charge is 0.494 e. The standard InChI is InChI=1S/C37H29FN4O6S2/c1-22-36(49-37(40-22)41-23(2)43)50(45,46)48-33-28-14-9-19-39-31(28)34(47-32(25-10-5-3-6-11-25)26-12-7-4-8-13-26)30-29(33)21-42(35(30)44)20-24-15-17-27(38)18-16-24/h3-19,21,32,44H,20H2,1-2H3,(H,40,41,43). The van der Waals surface area contributed by atoms with E-state index in [0.29, 0.717) is 10.9 Å². The lowest BCUT2D eigenvalue weighted by Gasteiger charge is -2.22. The normalized spacial score (nSPS) is 11.7. The monoisotopic (exact) mass is 708 g/mol. The molecule has 0 spiro atoms. The number of benzene rings is 4. The van der Waals surface area contributed by atoms with E-state index in [9.17, 15) is 22.7 Å². The van der Waals surface area contributed by atoms with Crippen molar-refractivity contribution in [2.24, 2.45) is 0 Å². The van der Waals surface area contributed by atoms with Crippen molar-refractivity contribution >= 4 is 54.2 Å². The molecule has 0 aliphatic heterocycles. The maximum Gasteiger partial charge on any atom is 0.350 e. The van der Waals surface area contributed by atoms with Crippen LogP contribution in [-0.2, 0) is 21.5 Å². The van der Waals surface area contributed by atoms with Gasteiger partial charge in [-0.2, -0.15) is 8.42 Å². The number of aryl methyl sites for hydroxylation is 1. The van der Waals surface area contributed by atoms with Crippen molar-refractivity contribution in [1.82, 2.24) is 14.5 Å². The minimum absolute atomic E-state index is 0.0894. The number of rotatable bonds is 10. The van der Waals surface area contributed by atoms with E-state index >= 15 is 0 Å². The first-order valence-corrected chi connectivity index (χ1v) is 17.6. The molecule has 1 amide bonds. The van der Waals surface area contributed by atoms with E-state index in [4.69, 9.17) is 8.92 Å². The molecule has 0 unspecified atom stereocenters. The predicted octanol–water partition coefficient (Wildman–Crippen LogP) is 7.74. The summed E-state index contributed by atoms with van der Waals surface area (Å²) in [5.74, 6) is -0.933. The van der Waals surface area contributed by atoms with E-state index in [1.807, 2.05) is 60.7 Å². The number of nitrogens with one attached hydrogen (secondary N) is 1. The van der Waals surface area contributed by atoms with Crippen LogP contribution in [0.25, 0.3) is 21.7 Å². The van der Waals surface area contributed by atoms with Crippen LogP contribution in [-0.4, -0.2) is 34.0 Å². The number of aromatic nitrogens is 3. The van der Waals surface area contributed by atoms with Crippen molar-refractivity contribution in [3.05, 3.63) is 138 Å². The number of nitrogens with zero attached hydrogens (tertiary/aromatic N) is 3. The highest BCUT2D eigenvalue weighted by Crippen LogP contribution is 2.49. The number of pyridine rings is 1. The summed E-state index contributed by atoms with van der Waals surface area (Å²) in [5, 5.41) is 15.2. The van der Waals surface area contributed by atoms with E-state index in [-0.39, 0.29) is 55.2 Å². The van der Waals surface area contributed by atoms with Crippen molar-refractivity contribution in [3.63, 3.8) is 0 Å². The third-order valence-electron chi connectivity index (χ3n) is 7.95.